The van der Waals surface area contributed by atoms with Gasteiger partial charge < -0.3 is 15.7 Å². The highest BCUT2D eigenvalue weighted by molar-refractivity contribution is 5.99. The van der Waals surface area contributed by atoms with Gasteiger partial charge in [0.15, 0.2) is 11.6 Å². The molecule has 0 spiro atoms. The Hall–Kier alpha value is -1.69. The van der Waals surface area contributed by atoms with Crippen LogP contribution in [-0.4, -0.2) is 35.6 Å². The predicted molar refractivity (Wildman–Crippen MR) is 64.1 cm³/mol. The fourth-order valence-electron chi connectivity index (χ4n) is 1.58. The summed E-state index contributed by atoms with van der Waals surface area (Å²) in [7, 11) is 0. The Morgan fingerprint density at radius 1 is 1.39 bits per heavy atom. The summed E-state index contributed by atoms with van der Waals surface area (Å²) in [6.07, 6.45) is 0.420. The van der Waals surface area contributed by atoms with Crippen LogP contribution in [0.4, 0.5) is 14.5 Å². The molecule has 4 nitrogen and oxygen atoms in total. The van der Waals surface area contributed by atoms with E-state index in [0.717, 1.165) is 12.1 Å². The van der Waals surface area contributed by atoms with Crippen LogP contribution in [0.3, 0.4) is 0 Å². The van der Waals surface area contributed by atoms with E-state index in [1.165, 1.54) is 4.90 Å². The van der Waals surface area contributed by atoms with Crippen molar-refractivity contribution in [3.05, 3.63) is 29.3 Å². The van der Waals surface area contributed by atoms with Crippen LogP contribution in [0, 0.1) is 11.6 Å². The molecule has 3 N–H and O–H groups in total. The third-order valence-electron chi connectivity index (χ3n) is 2.58. The number of nitrogens with zero attached hydrogens (tertiary/aromatic N) is 1. The van der Waals surface area contributed by atoms with Crippen LogP contribution in [-0.2, 0) is 0 Å². The molecule has 0 aliphatic heterocycles. The molecule has 0 heterocycles. The lowest BCUT2D eigenvalue weighted by atomic mass is 10.1. The molecular formula is C12H16F2N2O2. The fraction of sp³-hybridized carbons (Fsp3) is 0.417. The van der Waals surface area contributed by atoms with E-state index in [1.54, 1.807) is 6.92 Å². The van der Waals surface area contributed by atoms with Crippen LogP contribution in [0.25, 0.3) is 0 Å². The second-order valence-corrected chi connectivity index (χ2v) is 3.82. The number of carbonyl (C=O) groups is 1. The van der Waals surface area contributed by atoms with Gasteiger partial charge in [-0.3, -0.25) is 4.79 Å². The van der Waals surface area contributed by atoms with Gasteiger partial charge in [-0.2, -0.15) is 0 Å². The Balaban J connectivity index is 2.98. The highest BCUT2D eigenvalue weighted by atomic mass is 19.2. The summed E-state index contributed by atoms with van der Waals surface area (Å²) < 4.78 is 26.0. The summed E-state index contributed by atoms with van der Waals surface area (Å²) >= 11 is 0. The molecule has 0 unspecified atom stereocenters. The molecular weight excluding hydrogens is 242 g/mol. The monoisotopic (exact) mass is 258 g/mol. The molecule has 18 heavy (non-hydrogen) atoms. The van der Waals surface area contributed by atoms with Gasteiger partial charge >= 0.3 is 0 Å². The van der Waals surface area contributed by atoms with Crippen molar-refractivity contribution in [1.29, 1.82) is 0 Å². The van der Waals surface area contributed by atoms with Crippen molar-refractivity contribution >= 4 is 11.6 Å². The highest BCUT2D eigenvalue weighted by Crippen LogP contribution is 2.19. The number of aliphatic hydroxyl groups excluding tert-OH is 1. The van der Waals surface area contributed by atoms with Crippen molar-refractivity contribution in [3.8, 4) is 0 Å². The summed E-state index contributed by atoms with van der Waals surface area (Å²) in [5.41, 5.74) is 5.35. The van der Waals surface area contributed by atoms with Crippen LogP contribution in [0.1, 0.15) is 23.7 Å². The molecule has 0 aliphatic rings. The Morgan fingerprint density at radius 3 is 2.56 bits per heavy atom. The van der Waals surface area contributed by atoms with Gasteiger partial charge in [-0.1, -0.05) is 0 Å². The predicted octanol–water partition coefficient (Wildman–Crippen LogP) is 1.39. The van der Waals surface area contributed by atoms with Gasteiger partial charge in [0, 0.05) is 31.5 Å². The Bertz CT molecular complexity index is 438. The van der Waals surface area contributed by atoms with Gasteiger partial charge in [0.05, 0.1) is 5.56 Å². The van der Waals surface area contributed by atoms with Crippen LogP contribution in [0.5, 0.6) is 0 Å². The van der Waals surface area contributed by atoms with E-state index >= 15 is 0 Å². The van der Waals surface area contributed by atoms with Crippen molar-refractivity contribution in [2.75, 3.05) is 25.4 Å². The maximum atomic E-state index is 13.1. The minimum Gasteiger partial charge on any atom is -0.398 e. The molecule has 0 bridgehead atoms. The summed E-state index contributed by atoms with van der Waals surface area (Å²) in [6.45, 7) is 2.45. The molecule has 0 saturated carbocycles. The van der Waals surface area contributed by atoms with Crippen LogP contribution in [0.15, 0.2) is 12.1 Å². The molecule has 0 aromatic heterocycles. The van der Waals surface area contributed by atoms with Crippen LogP contribution < -0.4 is 5.73 Å². The first-order valence-electron chi connectivity index (χ1n) is 5.65. The number of nitrogen functional groups attached to an aromatic ring is 1. The molecule has 6 heteroatoms. The largest absolute Gasteiger partial charge is 0.398 e. The van der Waals surface area contributed by atoms with E-state index in [0.29, 0.717) is 19.5 Å². The lowest BCUT2D eigenvalue weighted by Crippen LogP contribution is -2.32. The van der Waals surface area contributed by atoms with Gasteiger partial charge in [0.2, 0.25) is 0 Å². The van der Waals surface area contributed by atoms with Crippen molar-refractivity contribution in [2.45, 2.75) is 13.3 Å². The van der Waals surface area contributed by atoms with Gasteiger partial charge in [0.25, 0.3) is 5.91 Å². The first-order chi connectivity index (χ1) is 8.51. The lowest BCUT2D eigenvalue weighted by molar-refractivity contribution is 0.0754. The number of hydrogen-bond donors (Lipinski definition) is 2. The van der Waals surface area contributed by atoms with E-state index in [-0.39, 0.29) is 17.9 Å². The second-order valence-electron chi connectivity index (χ2n) is 3.82. The maximum absolute atomic E-state index is 13.1. The normalized spacial score (nSPS) is 10.4. The van der Waals surface area contributed by atoms with E-state index in [2.05, 4.69) is 0 Å². The number of nitrogens with two attached hydrogens (primary N) is 1. The van der Waals surface area contributed by atoms with E-state index in [9.17, 15) is 13.6 Å². The molecule has 0 fully saturated rings. The number of amides is 1. The number of anilines is 1. The molecule has 0 radical (unpaired) electrons. The van der Waals surface area contributed by atoms with Crippen LogP contribution in [0.2, 0.25) is 0 Å². The minimum atomic E-state index is -1.11. The Kier molecular flexibility index (Phi) is 5.03. The molecule has 1 aromatic carbocycles. The smallest absolute Gasteiger partial charge is 0.256 e. The Morgan fingerprint density at radius 2 is 2.00 bits per heavy atom. The van der Waals surface area contributed by atoms with Gasteiger partial charge in [-0.05, 0) is 19.4 Å². The zero-order valence-corrected chi connectivity index (χ0v) is 10.1. The van der Waals surface area contributed by atoms with Gasteiger partial charge in [0.1, 0.15) is 0 Å². The molecule has 100 valence electrons. The standard InChI is InChI=1S/C12H16F2N2O2/c1-2-16(4-3-5-17)12(18)8-6-9(13)10(14)7-11(8)15/h6-7,17H,2-5,15H2,1H3. The highest BCUT2D eigenvalue weighted by Gasteiger charge is 2.19. The number of aliphatic hydroxyl groups is 1. The quantitative estimate of drug-likeness (QED) is 0.784. The molecule has 1 aromatic rings. The zero-order valence-electron chi connectivity index (χ0n) is 10.1. The molecule has 0 saturated heterocycles. The van der Waals surface area contributed by atoms with Crippen molar-refractivity contribution in [1.82, 2.24) is 4.90 Å². The second kappa shape index (κ2) is 6.30. The average Bonchev–Trinajstić information content (AvgIpc) is 2.34. The number of carbonyl (C=O) groups excluding carboxylic acids is 1. The number of hydrogen-bond acceptors (Lipinski definition) is 3. The first kappa shape index (κ1) is 14.4. The number of halogens is 2. The topological polar surface area (TPSA) is 66.6 Å². The van der Waals surface area contributed by atoms with Crippen LogP contribution >= 0.6 is 0 Å². The maximum Gasteiger partial charge on any atom is 0.256 e. The lowest BCUT2D eigenvalue weighted by Gasteiger charge is -2.21. The zero-order chi connectivity index (χ0) is 13.7. The molecule has 1 rings (SSSR count). The molecule has 0 atom stereocenters. The van der Waals surface area contributed by atoms with Crippen molar-refractivity contribution < 1.29 is 18.7 Å². The summed E-state index contributed by atoms with van der Waals surface area (Å²) in [4.78, 5) is 13.5. The summed E-state index contributed by atoms with van der Waals surface area (Å²) in [5, 5.41) is 8.73. The Labute approximate surface area is 104 Å². The number of benzene rings is 1. The number of rotatable bonds is 5. The van der Waals surface area contributed by atoms with E-state index in [1.807, 2.05) is 0 Å². The fourth-order valence-corrected chi connectivity index (χ4v) is 1.58. The van der Waals surface area contributed by atoms with E-state index < -0.39 is 17.5 Å². The summed E-state index contributed by atoms with van der Waals surface area (Å²) in [5.74, 6) is -2.66. The molecule has 1 amide bonds. The third kappa shape index (κ3) is 3.16. The van der Waals surface area contributed by atoms with E-state index in [4.69, 9.17) is 10.8 Å². The van der Waals surface area contributed by atoms with Gasteiger partial charge in [-0.25, -0.2) is 8.78 Å². The summed E-state index contributed by atoms with van der Waals surface area (Å²) in [6, 6.07) is 1.59. The van der Waals surface area contributed by atoms with Crippen molar-refractivity contribution in [2.24, 2.45) is 0 Å². The molecule has 0 aliphatic carbocycles. The third-order valence-corrected chi connectivity index (χ3v) is 2.58. The van der Waals surface area contributed by atoms with Gasteiger partial charge in [-0.15, -0.1) is 0 Å². The SMILES string of the molecule is CCN(CCCO)C(=O)c1cc(F)c(F)cc1N. The minimum absolute atomic E-state index is 0.0446. The first-order valence-corrected chi connectivity index (χ1v) is 5.65. The van der Waals surface area contributed by atoms with Crippen molar-refractivity contribution in [3.63, 3.8) is 0 Å². The average molecular weight is 258 g/mol.